The summed E-state index contributed by atoms with van der Waals surface area (Å²) in [6.45, 7) is 2.42. The molecule has 3 unspecified atom stereocenters. The summed E-state index contributed by atoms with van der Waals surface area (Å²) in [5.74, 6) is 0.663. The molecule has 1 aliphatic heterocycles. The molecular formula is C23H28N6O4S. The molecule has 3 atom stereocenters. The van der Waals surface area contributed by atoms with Crippen LogP contribution in [0.3, 0.4) is 0 Å². The molecule has 1 aromatic heterocycles. The van der Waals surface area contributed by atoms with Gasteiger partial charge in [-0.15, -0.1) is 5.10 Å². The van der Waals surface area contributed by atoms with Crippen molar-refractivity contribution in [2.75, 3.05) is 17.6 Å². The van der Waals surface area contributed by atoms with Crippen LogP contribution in [0, 0.1) is 0 Å². The van der Waals surface area contributed by atoms with E-state index in [9.17, 15) is 9.90 Å². The number of benzene rings is 2. The highest BCUT2D eigenvalue weighted by atomic mass is 32.2. The van der Waals surface area contributed by atoms with E-state index in [-0.39, 0.29) is 24.8 Å². The van der Waals surface area contributed by atoms with Gasteiger partial charge in [0.1, 0.15) is 0 Å². The topological polar surface area (TPSA) is 123 Å². The molecule has 0 saturated carbocycles. The number of hydrogen-bond donors (Lipinski definition) is 3. The number of nitrogens with zero attached hydrogens (tertiary/aromatic N) is 4. The van der Waals surface area contributed by atoms with Crippen molar-refractivity contribution in [3.8, 4) is 0 Å². The van der Waals surface area contributed by atoms with Crippen LogP contribution in [0.25, 0.3) is 0 Å². The van der Waals surface area contributed by atoms with Gasteiger partial charge in [-0.05, 0) is 40.6 Å². The highest BCUT2D eigenvalue weighted by molar-refractivity contribution is 7.99. The molecule has 1 saturated heterocycles. The number of rotatable bonds is 8. The fourth-order valence-electron chi connectivity index (χ4n) is 3.59. The van der Waals surface area contributed by atoms with Crippen LogP contribution < -0.4 is 10.6 Å². The fourth-order valence-corrected chi connectivity index (χ4v) is 4.46. The summed E-state index contributed by atoms with van der Waals surface area (Å²) in [5, 5.41) is 27.2. The number of aliphatic hydroxyl groups is 1. The molecule has 1 fully saturated rings. The van der Waals surface area contributed by atoms with Crippen molar-refractivity contribution in [3.05, 3.63) is 65.2 Å². The normalized spacial score (nSPS) is 20.1. The Morgan fingerprint density at radius 3 is 2.53 bits per heavy atom. The lowest BCUT2D eigenvalue weighted by molar-refractivity contribution is -0.245. The van der Waals surface area contributed by atoms with E-state index >= 15 is 0 Å². The first-order valence-corrected chi connectivity index (χ1v) is 12.0. The molecular weight excluding hydrogens is 456 g/mol. The third-order valence-electron chi connectivity index (χ3n) is 5.37. The fraction of sp³-hybridized carbons (Fsp3) is 0.391. The Labute approximate surface area is 202 Å². The van der Waals surface area contributed by atoms with E-state index in [0.29, 0.717) is 24.4 Å². The second-order valence-corrected chi connectivity index (χ2v) is 8.84. The van der Waals surface area contributed by atoms with Gasteiger partial charge in [0.25, 0.3) is 0 Å². The van der Waals surface area contributed by atoms with Crippen molar-refractivity contribution in [2.24, 2.45) is 7.05 Å². The summed E-state index contributed by atoms with van der Waals surface area (Å²) in [4.78, 5) is 11.8. The van der Waals surface area contributed by atoms with Gasteiger partial charge in [0.15, 0.2) is 6.29 Å². The van der Waals surface area contributed by atoms with Gasteiger partial charge in [-0.25, -0.2) is 9.48 Å². The quantitative estimate of drug-likeness (QED) is 0.417. The maximum absolute atomic E-state index is 11.8. The number of hydrogen-bond acceptors (Lipinski definition) is 8. The van der Waals surface area contributed by atoms with Gasteiger partial charge in [0, 0.05) is 37.0 Å². The smallest absolute Gasteiger partial charge is 0.319 e. The van der Waals surface area contributed by atoms with E-state index < -0.39 is 6.29 Å². The number of nitrogens with one attached hydrogen (secondary N) is 2. The van der Waals surface area contributed by atoms with E-state index in [1.165, 1.54) is 11.8 Å². The average molecular weight is 485 g/mol. The summed E-state index contributed by atoms with van der Waals surface area (Å²) in [5.41, 5.74) is 3.41. The van der Waals surface area contributed by atoms with Crippen molar-refractivity contribution >= 4 is 23.5 Å². The maximum Gasteiger partial charge on any atom is 0.319 e. The largest absolute Gasteiger partial charge is 0.392 e. The van der Waals surface area contributed by atoms with Crippen LogP contribution in [0.1, 0.15) is 42.4 Å². The third-order valence-corrected chi connectivity index (χ3v) is 6.52. The maximum atomic E-state index is 11.8. The molecule has 2 heterocycles. The van der Waals surface area contributed by atoms with Crippen molar-refractivity contribution in [1.82, 2.24) is 25.5 Å². The molecule has 0 aliphatic carbocycles. The Bertz CT molecular complexity index is 1080. The Hall–Kier alpha value is -2.99. The van der Waals surface area contributed by atoms with E-state index in [2.05, 4.69) is 26.2 Å². The average Bonchev–Trinajstić information content (AvgIpc) is 3.28. The number of ether oxygens (including phenoxy) is 2. The lowest BCUT2D eigenvalue weighted by Crippen LogP contribution is -2.31. The number of anilines is 1. The molecule has 1 aliphatic rings. The molecule has 180 valence electrons. The van der Waals surface area contributed by atoms with Crippen LogP contribution in [0.15, 0.2) is 53.7 Å². The second kappa shape index (κ2) is 11.4. The lowest BCUT2D eigenvalue weighted by atomic mass is 10.0. The van der Waals surface area contributed by atoms with Crippen LogP contribution in [0.4, 0.5) is 10.5 Å². The molecule has 3 N–H and O–H groups in total. The number of aryl methyl sites for hydroxylation is 1. The molecule has 4 rings (SSSR count). The second-order valence-electron chi connectivity index (χ2n) is 7.85. The molecule has 2 aromatic carbocycles. The number of carbonyl (C=O) groups excluding carboxylic acids is 1. The Morgan fingerprint density at radius 1 is 1.15 bits per heavy atom. The van der Waals surface area contributed by atoms with Crippen LogP contribution >= 0.6 is 11.8 Å². The monoisotopic (exact) mass is 484 g/mol. The summed E-state index contributed by atoms with van der Waals surface area (Å²) >= 11 is 1.53. The van der Waals surface area contributed by atoms with E-state index in [1.807, 2.05) is 55.5 Å². The number of thioether (sulfide) groups is 1. The number of amides is 2. The summed E-state index contributed by atoms with van der Waals surface area (Å²) in [7, 11) is 1.80. The SMILES string of the molecule is CCNC(=O)Nc1ccc(C2OC(CSc3nnnn3C)CC(c3ccc(CO)cc3)O2)cc1. The van der Waals surface area contributed by atoms with Gasteiger partial charge in [-0.2, -0.15) is 0 Å². The minimum absolute atomic E-state index is 0.000790. The van der Waals surface area contributed by atoms with Gasteiger partial charge in [0.05, 0.1) is 18.8 Å². The number of aromatic nitrogens is 4. The molecule has 3 aromatic rings. The summed E-state index contributed by atoms with van der Waals surface area (Å²) in [6.07, 6.45) is -0.179. The van der Waals surface area contributed by atoms with Crippen molar-refractivity contribution in [1.29, 1.82) is 0 Å². The van der Waals surface area contributed by atoms with Crippen LogP contribution in [0.2, 0.25) is 0 Å². The molecule has 10 nitrogen and oxygen atoms in total. The van der Waals surface area contributed by atoms with Crippen LogP contribution in [-0.4, -0.2) is 49.7 Å². The Morgan fingerprint density at radius 2 is 1.88 bits per heavy atom. The predicted molar refractivity (Wildman–Crippen MR) is 127 cm³/mol. The first-order valence-electron chi connectivity index (χ1n) is 11.1. The summed E-state index contributed by atoms with van der Waals surface area (Å²) < 4.78 is 14.3. The van der Waals surface area contributed by atoms with Gasteiger partial charge in [-0.1, -0.05) is 48.2 Å². The summed E-state index contributed by atoms with van der Waals surface area (Å²) in [6, 6.07) is 14.9. The van der Waals surface area contributed by atoms with Gasteiger partial charge in [0.2, 0.25) is 5.16 Å². The first-order chi connectivity index (χ1) is 16.6. The third kappa shape index (κ3) is 6.11. The zero-order valence-corrected chi connectivity index (χ0v) is 19.9. The zero-order chi connectivity index (χ0) is 23.9. The minimum atomic E-state index is -0.571. The first kappa shape index (κ1) is 24.1. The molecule has 11 heteroatoms. The minimum Gasteiger partial charge on any atom is -0.392 e. The van der Waals surface area contributed by atoms with Crippen molar-refractivity contribution < 1.29 is 19.4 Å². The number of urea groups is 1. The van der Waals surface area contributed by atoms with E-state index in [1.54, 1.807) is 11.7 Å². The molecule has 34 heavy (non-hydrogen) atoms. The highest BCUT2D eigenvalue weighted by Crippen LogP contribution is 2.39. The van der Waals surface area contributed by atoms with Gasteiger partial charge in [-0.3, -0.25) is 0 Å². The predicted octanol–water partition coefficient (Wildman–Crippen LogP) is 3.18. The Kier molecular flexibility index (Phi) is 8.12. The number of tetrazole rings is 1. The number of carbonyl (C=O) groups is 1. The molecule has 0 bridgehead atoms. The van der Waals surface area contributed by atoms with Crippen molar-refractivity contribution in [3.63, 3.8) is 0 Å². The Balaban J connectivity index is 1.50. The van der Waals surface area contributed by atoms with Crippen molar-refractivity contribution in [2.45, 2.75) is 43.6 Å². The van der Waals surface area contributed by atoms with E-state index in [4.69, 9.17) is 9.47 Å². The number of aliphatic hydroxyl groups excluding tert-OH is 1. The molecule has 0 radical (unpaired) electrons. The lowest BCUT2D eigenvalue weighted by Gasteiger charge is -2.36. The molecule has 2 amide bonds. The zero-order valence-electron chi connectivity index (χ0n) is 19.0. The highest BCUT2D eigenvalue weighted by Gasteiger charge is 2.32. The van der Waals surface area contributed by atoms with Gasteiger partial charge >= 0.3 is 6.03 Å². The standard InChI is InChI=1S/C23H28N6O4S/c1-3-24-22(31)25-18-10-8-17(9-11-18)21-32-19(14-34-23-26-27-28-29(23)2)12-20(33-21)16-6-4-15(13-30)5-7-16/h4-11,19-21,30H,3,12-14H2,1-2H3,(H2,24,25,31). The van der Waals surface area contributed by atoms with Crippen LogP contribution in [0.5, 0.6) is 0 Å². The molecule has 0 spiro atoms. The van der Waals surface area contributed by atoms with Gasteiger partial charge < -0.3 is 25.2 Å². The van der Waals surface area contributed by atoms with Crippen LogP contribution in [-0.2, 0) is 23.1 Å². The van der Waals surface area contributed by atoms with E-state index in [0.717, 1.165) is 21.8 Å².